The molecule has 1 aliphatic heterocycles. The number of nitrogens with two attached hydrogens (primary N) is 1. The summed E-state index contributed by atoms with van der Waals surface area (Å²) in [5.74, 6) is 0.993. The summed E-state index contributed by atoms with van der Waals surface area (Å²) in [5, 5.41) is 0. The summed E-state index contributed by atoms with van der Waals surface area (Å²) < 4.78 is 6.72. The summed E-state index contributed by atoms with van der Waals surface area (Å²) in [5.41, 5.74) is 7.73. The van der Waals surface area contributed by atoms with Gasteiger partial charge in [-0.3, -0.25) is 4.79 Å². The van der Waals surface area contributed by atoms with Crippen LogP contribution in [0.5, 0.6) is 5.75 Å². The predicted octanol–water partition coefficient (Wildman–Crippen LogP) is 2.04. The lowest BCUT2D eigenvalue weighted by molar-refractivity contribution is -0.131. The van der Waals surface area contributed by atoms with Crippen LogP contribution in [0.2, 0.25) is 0 Å². The number of fused-ring (bicyclic) bond motifs is 1. The van der Waals surface area contributed by atoms with Crippen LogP contribution in [0.15, 0.2) is 16.6 Å². The van der Waals surface area contributed by atoms with Gasteiger partial charge in [-0.05, 0) is 12.1 Å². The fraction of sp³-hybridized carbons (Fsp3) is 0.462. The van der Waals surface area contributed by atoms with Crippen molar-refractivity contribution in [1.82, 2.24) is 4.90 Å². The van der Waals surface area contributed by atoms with Crippen LogP contribution in [-0.2, 0) is 17.9 Å². The Morgan fingerprint density at radius 1 is 1.56 bits per heavy atom. The van der Waals surface area contributed by atoms with E-state index in [4.69, 9.17) is 10.5 Å². The lowest BCUT2D eigenvalue weighted by Crippen LogP contribution is -2.31. The van der Waals surface area contributed by atoms with E-state index in [1.165, 1.54) is 0 Å². The fourth-order valence-corrected chi connectivity index (χ4v) is 2.70. The second-order valence-electron chi connectivity index (χ2n) is 4.27. The molecule has 0 atom stereocenters. The monoisotopic (exact) mass is 312 g/mol. The maximum atomic E-state index is 11.8. The van der Waals surface area contributed by atoms with Crippen molar-refractivity contribution in [2.75, 3.05) is 13.2 Å². The predicted molar refractivity (Wildman–Crippen MR) is 73.2 cm³/mol. The number of ether oxygens (including phenoxy) is 1. The van der Waals surface area contributed by atoms with Crippen molar-refractivity contribution < 1.29 is 9.53 Å². The lowest BCUT2D eigenvalue weighted by atomic mass is 10.1. The third kappa shape index (κ3) is 2.67. The van der Waals surface area contributed by atoms with Gasteiger partial charge in [0.2, 0.25) is 5.91 Å². The zero-order chi connectivity index (χ0) is 13.1. The number of rotatable bonds is 2. The molecule has 0 saturated carbocycles. The van der Waals surface area contributed by atoms with Crippen molar-refractivity contribution in [3.8, 4) is 5.75 Å². The molecule has 98 valence electrons. The first-order chi connectivity index (χ1) is 8.65. The van der Waals surface area contributed by atoms with Gasteiger partial charge >= 0.3 is 0 Å². The molecule has 1 heterocycles. The highest BCUT2D eigenvalue weighted by Gasteiger charge is 2.20. The largest absolute Gasteiger partial charge is 0.491 e. The number of halogens is 1. The summed E-state index contributed by atoms with van der Waals surface area (Å²) in [6.07, 6.45) is 0.521. The summed E-state index contributed by atoms with van der Waals surface area (Å²) in [4.78, 5) is 13.6. The van der Waals surface area contributed by atoms with E-state index in [0.717, 1.165) is 21.3 Å². The molecule has 0 spiro atoms. The van der Waals surface area contributed by atoms with Gasteiger partial charge < -0.3 is 15.4 Å². The van der Waals surface area contributed by atoms with E-state index in [-0.39, 0.29) is 5.91 Å². The average molecular weight is 313 g/mol. The van der Waals surface area contributed by atoms with Gasteiger partial charge in [0.15, 0.2) is 0 Å². The molecule has 0 aliphatic carbocycles. The van der Waals surface area contributed by atoms with Crippen molar-refractivity contribution in [2.45, 2.75) is 26.4 Å². The summed E-state index contributed by atoms with van der Waals surface area (Å²) in [7, 11) is 0. The van der Waals surface area contributed by atoms with Gasteiger partial charge in [0, 0.05) is 35.1 Å². The normalized spacial score (nSPS) is 14.7. The van der Waals surface area contributed by atoms with Crippen LogP contribution < -0.4 is 10.5 Å². The molecule has 0 bridgehead atoms. The maximum absolute atomic E-state index is 11.8. The number of benzene rings is 1. The highest BCUT2D eigenvalue weighted by Crippen LogP contribution is 2.31. The van der Waals surface area contributed by atoms with E-state index in [9.17, 15) is 4.79 Å². The SMILES string of the molecule is CCC(=O)N1CCOc2c(CN)cc(Br)cc2C1. The van der Waals surface area contributed by atoms with Gasteiger partial charge in [-0.1, -0.05) is 22.9 Å². The van der Waals surface area contributed by atoms with Crippen LogP contribution in [-0.4, -0.2) is 24.0 Å². The van der Waals surface area contributed by atoms with Crippen LogP contribution in [0.4, 0.5) is 0 Å². The molecule has 1 aromatic carbocycles. The van der Waals surface area contributed by atoms with E-state index in [2.05, 4.69) is 15.9 Å². The first-order valence-electron chi connectivity index (χ1n) is 6.07. The van der Waals surface area contributed by atoms with E-state index >= 15 is 0 Å². The quantitative estimate of drug-likeness (QED) is 0.909. The zero-order valence-electron chi connectivity index (χ0n) is 10.4. The Bertz CT molecular complexity index is 463. The lowest BCUT2D eigenvalue weighted by Gasteiger charge is -2.19. The van der Waals surface area contributed by atoms with Gasteiger partial charge in [0.05, 0.1) is 6.54 Å². The topological polar surface area (TPSA) is 55.6 Å². The van der Waals surface area contributed by atoms with Gasteiger partial charge in [0.1, 0.15) is 12.4 Å². The fourth-order valence-electron chi connectivity index (χ4n) is 2.15. The highest BCUT2D eigenvalue weighted by atomic mass is 79.9. The second-order valence-corrected chi connectivity index (χ2v) is 5.19. The van der Waals surface area contributed by atoms with E-state index in [1.54, 1.807) is 0 Å². The zero-order valence-corrected chi connectivity index (χ0v) is 12.0. The third-order valence-electron chi connectivity index (χ3n) is 3.05. The molecule has 2 N–H and O–H groups in total. The van der Waals surface area contributed by atoms with Crippen LogP contribution in [0.25, 0.3) is 0 Å². The number of amides is 1. The molecular formula is C13H17BrN2O2. The first-order valence-corrected chi connectivity index (χ1v) is 6.87. The van der Waals surface area contributed by atoms with Gasteiger partial charge in [-0.25, -0.2) is 0 Å². The smallest absolute Gasteiger partial charge is 0.222 e. The highest BCUT2D eigenvalue weighted by molar-refractivity contribution is 9.10. The van der Waals surface area contributed by atoms with Crippen LogP contribution >= 0.6 is 15.9 Å². The van der Waals surface area contributed by atoms with Gasteiger partial charge in [-0.15, -0.1) is 0 Å². The van der Waals surface area contributed by atoms with Crippen LogP contribution in [0.1, 0.15) is 24.5 Å². The second kappa shape index (κ2) is 5.71. The molecule has 0 unspecified atom stereocenters. The molecule has 1 amide bonds. The molecule has 1 aromatic rings. The minimum absolute atomic E-state index is 0.153. The molecule has 5 heteroatoms. The summed E-state index contributed by atoms with van der Waals surface area (Å²) in [6, 6.07) is 3.96. The summed E-state index contributed by atoms with van der Waals surface area (Å²) >= 11 is 3.47. The Morgan fingerprint density at radius 2 is 2.33 bits per heavy atom. The summed E-state index contributed by atoms with van der Waals surface area (Å²) in [6.45, 7) is 4.05. The molecule has 0 aromatic heterocycles. The van der Waals surface area contributed by atoms with E-state index < -0.39 is 0 Å². The molecule has 18 heavy (non-hydrogen) atoms. The van der Waals surface area contributed by atoms with Crippen molar-refractivity contribution in [2.24, 2.45) is 5.73 Å². The molecular weight excluding hydrogens is 296 g/mol. The third-order valence-corrected chi connectivity index (χ3v) is 3.51. The number of hydrogen-bond acceptors (Lipinski definition) is 3. The molecule has 0 saturated heterocycles. The van der Waals surface area contributed by atoms with Gasteiger partial charge in [0.25, 0.3) is 0 Å². The minimum atomic E-state index is 0.153. The molecule has 0 fully saturated rings. The Balaban J connectivity index is 2.36. The average Bonchev–Trinajstić information content (AvgIpc) is 2.58. The molecule has 0 radical (unpaired) electrons. The maximum Gasteiger partial charge on any atom is 0.222 e. The molecule has 4 nitrogen and oxygen atoms in total. The number of hydrogen-bond donors (Lipinski definition) is 1. The minimum Gasteiger partial charge on any atom is -0.491 e. The van der Waals surface area contributed by atoms with Crippen molar-refractivity contribution in [3.63, 3.8) is 0 Å². The van der Waals surface area contributed by atoms with E-state index in [1.807, 2.05) is 24.0 Å². The van der Waals surface area contributed by atoms with Crippen molar-refractivity contribution >= 4 is 21.8 Å². The number of carbonyl (C=O) groups excluding carboxylic acids is 1. The molecule has 2 rings (SSSR count). The Kier molecular flexibility index (Phi) is 4.24. The van der Waals surface area contributed by atoms with E-state index in [0.29, 0.717) is 32.7 Å². The number of nitrogens with zero attached hydrogens (tertiary/aromatic N) is 1. The Hall–Kier alpha value is -1.07. The Labute approximate surface area is 115 Å². The first kappa shape index (κ1) is 13.4. The number of carbonyl (C=O) groups is 1. The molecule has 1 aliphatic rings. The van der Waals surface area contributed by atoms with Gasteiger partial charge in [-0.2, -0.15) is 0 Å². The van der Waals surface area contributed by atoms with Crippen LogP contribution in [0.3, 0.4) is 0 Å². The van der Waals surface area contributed by atoms with Crippen molar-refractivity contribution in [1.29, 1.82) is 0 Å². The van der Waals surface area contributed by atoms with Crippen LogP contribution in [0, 0.1) is 0 Å². The Morgan fingerprint density at radius 3 is 3.00 bits per heavy atom. The van der Waals surface area contributed by atoms with Crippen molar-refractivity contribution in [3.05, 3.63) is 27.7 Å². The standard InChI is InChI=1S/C13H17BrN2O2/c1-2-12(17)16-3-4-18-13-9(7-15)5-11(14)6-10(13)8-16/h5-6H,2-4,7-8,15H2,1H3.